The van der Waals surface area contributed by atoms with Crippen molar-refractivity contribution in [1.82, 2.24) is 10.2 Å². The van der Waals surface area contributed by atoms with Crippen LogP contribution in [0.5, 0.6) is 5.75 Å². The fourth-order valence-electron chi connectivity index (χ4n) is 6.49. The summed E-state index contributed by atoms with van der Waals surface area (Å²) in [5.74, 6) is 3.68. The number of methoxy groups -OCH3 is 1. The van der Waals surface area contributed by atoms with Crippen LogP contribution < -0.4 is 15.4 Å². The van der Waals surface area contributed by atoms with Crippen molar-refractivity contribution >= 4 is 17.5 Å². The van der Waals surface area contributed by atoms with Crippen LogP contribution in [0.4, 0.5) is 10.1 Å². The molecule has 2 N–H and O–H groups in total. The van der Waals surface area contributed by atoms with Crippen LogP contribution in [0.3, 0.4) is 0 Å². The average molecular weight is 554 g/mol. The number of hydrogen-bond acceptors (Lipinski definition) is 4. The molecule has 40 heavy (non-hydrogen) atoms. The molecule has 0 spiro atoms. The summed E-state index contributed by atoms with van der Waals surface area (Å²) in [6, 6.07) is 5.24. The molecule has 1 aromatic rings. The molecule has 1 aliphatic carbocycles. The van der Waals surface area contributed by atoms with Crippen molar-refractivity contribution in [2.75, 3.05) is 32.6 Å². The summed E-state index contributed by atoms with van der Waals surface area (Å²) in [6.07, 6.45) is 17.7. The summed E-state index contributed by atoms with van der Waals surface area (Å²) in [4.78, 5) is 12.6. The van der Waals surface area contributed by atoms with Gasteiger partial charge in [-0.15, -0.1) is 0 Å². The number of aliphatic imine (C=N–C) groups is 2. The molecular formula is C33H52FN5O. The zero-order valence-corrected chi connectivity index (χ0v) is 25.4. The highest BCUT2D eigenvalue weighted by molar-refractivity contribution is 6.05. The van der Waals surface area contributed by atoms with Gasteiger partial charge in [0.15, 0.2) is 11.6 Å². The van der Waals surface area contributed by atoms with Crippen molar-refractivity contribution in [3.8, 4) is 5.75 Å². The summed E-state index contributed by atoms with van der Waals surface area (Å²) in [7, 11) is 3.71. The van der Waals surface area contributed by atoms with Crippen LogP contribution in [-0.4, -0.2) is 50.0 Å². The van der Waals surface area contributed by atoms with Crippen molar-refractivity contribution < 1.29 is 9.13 Å². The minimum absolute atomic E-state index is 0.240. The van der Waals surface area contributed by atoms with E-state index in [9.17, 15) is 4.39 Å². The van der Waals surface area contributed by atoms with E-state index in [0.29, 0.717) is 30.0 Å². The first-order valence-electron chi connectivity index (χ1n) is 15.8. The molecule has 1 aromatic carbocycles. The number of nitrogens with one attached hydrogen (secondary N) is 2. The predicted octanol–water partition coefficient (Wildman–Crippen LogP) is 7.78. The maximum atomic E-state index is 14.4. The Kier molecular flexibility index (Phi) is 11.9. The van der Waals surface area contributed by atoms with E-state index in [1.165, 1.54) is 83.3 Å². The zero-order valence-electron chi connectivity index (χ0n) is 25.4. The number of ether oxygens (including phenoxy) is 1. The summed E-state index contributed by atoms with van der Waals surface area (Å²) < 4.78 is 19.5. The predicted molar refractivity (Wildman–Crippen MR) is 166 cm³/mol. The van der Waals surface area contributed by atoms with Crippen LogP contribution in [0.2, 0.25) is 0 Å². The number of guanidine groups is 1. The number of anilines is 1. The summed E-state index contributed by atoms with van der Waals surface area (Å²) >= 11 is 0. The van der Waals surface area contributed by atoms with Crippen LogP contribution in [0, 0.1) is 23.6 Å². The maximum Gasteiger partial charge on any atom is 0.224 e. The molecule has 1 saturated carbocycles. The number of piperidine rings is 1. The first-order valence-corrected chi connectivity index (χ1v) is 15.8. The second-order valence-corrected chi connectivity index (χ2v) is 12.4. The number of amidine groups is 1. The van der Waals surface area contributed by atoms with Gasteiger partial charge in [-0.3, -0.25) is 0 Å². The van der Waals surface area contributed by atoms with Crippen molar-refractivity contribution in [2.45, 2.75) is 103 Å². The molecule has 2 heterocycles. The molecule has 0 radical (unpaired) electrons. The van der Waals surface area contributed by atoms with Crippen molar-refractivity contribution in [1.29, 1.82) is 0 Å². The lowest BCUT2D eigenvalue weighted by molar-refractivity contribution is 0.173. The molecule has 0 bridgehead atoms. The van der Waals surface area contributed by atoms with E-state index in [0.717, 1.165) is 43.4 Å². The third-order valence-electron chi connectivity index (χ3n) is 9.26. The highest BCUT2D eigenvalue weighted by Gasteiger charge is 2.23. The minimum atomic E-state index is -0.385. The van der Waals surface area contributed by atoms with Gasteiger partial charge >= 0.3 is 0 Å². The van der Waals surface area contributed by atoms with Gasteiger partial charge in [0.2, 0.25) is 5.96 Å². The lowest BCUT2D eigenvalue weighted by Gasteiger charge is -2.33. The van der Waals surface area contributed by atoms with Gasteiger partial charge in [0.05, 0.1) is 13.2 Å². The van der Waals surface area contributed by atoms with E-state index in [1.54, 1.807) is 6.07 Å². The molecule has 3 atom stereocenters. The number of rotatable bonds is 10. The lowest BCUT2D eigenvalue weighted by atomic mass is 9.82. The standard InChI is InChI=1S/C33H52FN5O/c1-5-6-8-25-9-7-10-27(14-12-25)36-33-37-28(13-11-24(2)26-19-21-39(3)22-20-26)16-18-32(38-33)35-29-15-17-31(40-4)30(34)23-29/h15-17,23-27H,5-14,18-22H2,1-4H3,(H2,35,36,37,38)/t24-,25?,27?/m1/s1. The van der Waals surface area contributed by atoms with Crippen LogP contribution in [0.1, 0.15) is 97.3 Å². The van der Waals surface area contributed by atoms with Crippen molar-refractivity contribution in [2.24, 2.45) is 27.7 Å². The highest BCUT2D eigenvalue weighted by Crippen LogP contribution is 2.30. The monoisotopic (exact) mass is 553 g/mol. The number of unbranched alkanes of at least 4 members (excludes halogenated alkanes) is 1. The van der Waals surface area contributed by atoms with Crippen LogP contribution >= 0.6 is 0 Å². The largest absolute Gasteiger partial charge is 0.494 e. The Morgan fingerprint density at radius 2 is 2.00 bits per heavy atom. The molecule has 0 amide bonds. The number of halogens is 1. The van der Waals surface area contributed by atoms with Crippen LogP contribution in [0.25, 0.3) is 0 Å². The highest BCUT2D eigenvalue weighted by atomic mass is 19.1. The number of nitrogens with zero attached hydrogens (tertiary/aromatic N) is 3. The van der Waals surface area contributed by atoms with E-state index in [4.69, 9.17) is 14.7 Å². The van der Waals surface area contributed by atoms with Gasteiger partial charge in [-0.1, -0.05) is 52.0 Å². The molecular weight excluding hydrogens is 501 g/mol. The second-order valence-electron chi connectivity index (χ2n) is 12.4. The maximum absolute atomic E-state index is 14.4. The van der Waals surface area contributed by atoms with Crippen molar-refractivity contribution in [3.63, 3.8) is 0 Å². The molecule has 2 fully saturated rings. The Morgan fingerprint density at radius 3 is 2.75 bits per heavy atom. The average Bonchev–Trinajstić information content (AvgIpc) is 3.29. The Hall–Kier alpha value is -2.41. The molecule has 222 valence electrons. The van der Waals surface area contributed by atoms with E-state index in [1.807, 2.05) is 6.07 Å². The Balaban J connectivity index is 1.45. The molecule has 0 aromatic heterocycles. The number of hydrogen-bond donors (Lipinski definition) is 2. The lowest BCUT2D eigenvalue weighted by Crippen LogP contribution is -2.32. The summed E-state index contributed by atoms with van der Waals surface area (Å²) in [6.45, 7) is 7.13. The third-order valence-corrected chi connectivity index (χ3v) is 9.26. The molecule has 3 aliphatic rings. The Morgan fingerprint density at radius 1 is 1.18 bits per heavy atom. The van der Waals surface area contributed by atoms with E-state index in [2.05, 4.69) is 42.5 Å². The topological polar surface area (TPSA) is 61.3 Å². The molecule has 7 heteroatoms. The van der Waals surface area contributed by atoms with Gasteiger partial charge in [0, 0.05) is 23.9 Å². The SMILES string of the molecule is CCCCC1CCCC(N=C2N=C(Nc3ccc(OC)c(F)c3)CC=C(CC[C@@H](C)C3CCN(C)CC3)N2)CC1. The Bertz CT molecular complexity index is 1030. The molecule has 4 rings (SSSR count). The fraction of sp³-hybridized carbons (Fsp3) is 0.697. The fourth-order valence-corrected chi connectivity index (χ4v) is 6.49. The zero-order chi connectivity index (χ0) is 28.3. The van der Waals surface area contributed by atoms with E-state index < -0.39 is 0 Å². The van der Waals surface area contributed by atoms with E-state index >= 15 is 0 Å². The molecule has 6 nitrogen and oxygen atoms in total. The number of allylic oxidation sites excluding steroid dienone is 1. The normalized spacial score (nSPS) is 24.9. The minimum Gasteiger partial charge on any atom is -0.494 e. The first kappa shape index (κ1) is 30.5. The van der Waals surface area contributed by atoms with E-state index in [-0.39, 0.29) is 11.6 Å². The summed E-state index contributed by atoms with van der Waals surface area (Å²) in [5.41, 5.74) is 1.87. The van der Waals surface area contributed by atoms with Crippen LogP contribution in [-0.2, 0) is 0 Å². The number of benzene rings is 1. The second kappa shape index (κ2) is 15.6. The van der Waals surface area contributed by atoms with Gasteiger partial charge in [-0.05, 0) is 95.0 Å². The van der Waals surface area contributed by atoms with Gasteiger partial charge in [0.1, 0.15) is 5.84 Å². The number of likely N-dealkylation sites (tertiary alicyclic amines) is 1. The molecule has 2 unspecified atom stereocenters. The quantitative estimate of drug-likeness (QED) is 0.291. The van der Waals surface area contributed by atoms with Gasteiger partial charge in [-0.2, -0.15) is 4.99 Å². The first-order chi connectivity index (χ1) is 19.4. The summed E-state index contributed by atoms with van der Waals surface area (Å²) in [5, 5.41) is 6.97. The van der Waals surface area contributed by atoms with Gasteiger partial charge < -0.3 is 20.3 Å². The third kappa shape index (κ3) is 9.32. The van der Waals surface area contributed by atoms with Gasteiger partial charge in [-0.25, -0.2) is 9.38 Å². The van der Waals surface area contributed by atoms with Gasteiger partial charge in [0.25, 0.3) is 0 Å². The van der Waals surface area contributed by atoms with Crippen molar-refractivity contribution in [3.05, 3.63) is 35.8 Å². The van der Waals surface area contributed by atoms with Crippen LogP contribution in [0.15, 0.2) is 40.0 Å². The molecule has 2 aliphatic heterocycles. The Labute approximate surface area is 242 Å². The molecule has 1 saturated heterocycles. The smallest absolute Gasteiger partial charge is 0.224 e.